The van der Waals surface area contributed by atoms with Crippen LogP contribution in [0.15, 0.2) is 30.3 Å². The molecule has 3 N–H and O–H groups in total. The first-order valence-corrected chi connectivity index (χ1v) is 9.22. The predicted molar refractivity (Wildman–Crippen MR) is 93.4 cm³/mol. The van der Waals surface area contributed by atoms with Crippen LogP contribution in [-0.2, 0) is 4.74 Å². The Labute approximate surface area is 144 Å². The molecule has 2 unspecified atom stereocenters. The quantitative estimate of drug-likeness (QED) is 0.780. The number of nitrogens with one attached hydrogen (secondary N) is 2. The van der Waals surface area contributed by atoms with E-state index >= 15 is 0 Å². The minimum absolute atomic E-state index is 0.0407. The largest absolute Gasteiger partial charge is 0.393 e. The molecule has 1 aliphatic carbocycles. The molecule has 2 heterocycles. The Morgan fingerprint density at radius 2 is 2.12 bits per heavy atom. The third-order valence-electron chi connectivity index (χ3n) is 6.39. The summed E-state index contributed by atoms with van der Waals surface area (Å²) in [6.07, 6.45) is 3.61. The summed E-state index contributed by atoms with van der Waals surface area (Å²) in [7, 11) is 1.85. The number of hydrazine groups is 1. The number of nitrogens with zero attached hydrogens (tertiary/aromatic N) is 1. The average Bonchev–Trinajstić information content (AvgIpc) is 3.22. The van der Waals surface area contributed by atoms with Crippen molar-refractivity contribution in [1.29, 1.82) is 0 Å². The summed E-state index contributed by atoms with van der Waals surface area (Å²) < 4.78 is 5.97. The van der Waals surface area contributed by atoms with E-state index in [1.807, 2.05) is 7.11 Å². The summed E-state index contributed by atoms with van der Waals surface area (Å²) in [4.78, 5) is 2.57. The standard InChI is InChI=1S/C19H29N3O2/c1-24-19-8-7-16(23)11-17(19)22(10-9-19)13-15-12-20-21-18(15)14-5-3-2-4-6-14/h2-6,15-18,20-21,23H,7-13H2,1H3/t15?,16-,17-,18?,19+/m0/s1. The highest BCUT2D eigenvalue weighted by atomic mass is 16.5. The molecule has 3 aliphatic rings. The smallest absolute Gasteiger partial charge is 0.0847 e. The lowest BCUT2D eigenvalue weighted by Gasteiger charge is -2.43. The maximum Gasteiger partial charge on any atom is 0.0847 e. The SMILES string of the molecule is CO[C@@]12CC[C@H](O)C[C@@H]1N(CC1CNNC1c1ccccc1)CC2. The molecule has 0 amide bonds. The van der Waals surface area contributed by atoms with E-state index in [2.05, 4.69) is 46.1 Å². The van der Waals surface area contributed by atoms with Crippen molar-refractivity contribution in [2.24, 2.45) is 5.92 Å². The maximum atomic E-state index is 10.2. The van der Waals surface area contributed by atoms with Crippen LogP contribution in [-0.4, -0.2) is 54.5 Å². The molecule has 2 aliphatic heterocycles. The zero-order chi connectivity index (χ0) is 16.6. The lowest BCUT2D eigenvalue weighted by atomic mass is 9.79. The normalized spacial score (nSPS) is 39.9. The number of aliphatic hydroxyl groups is 1. The van der Waals surface area contributed by atoms with E-state index in [-0.39, 0.29) is 11.7 Å². The minimum Gasteiger partial charge on any atom is -0.393 e. The first kappa shape index (κ1) is 16.5. The number of fused-ring (bicyclic) bond motifs is 1. The summed E-state index contributed by atoms with van der Waals surface area (Å²) in [6, 6.07) is 11.4. The molecule has 3 fully saturated rings. The van der Waals surface area contributed by atoms with Crippen LogP contribution in [0, 0.1) is 5.92 Å². The fourth-order valence-electron chi connectivity index (χ4n) is 5.01. The van der Waals surface area contributed by atoms with Crippen molar-refractivity contribution < 1.29 is 9.84 Å². The Morgan fingerprint density at radius 3 is 2.92 bits per heavy atom. The molecule has 0 radical (unpaired) electrons. The summed E-state index contributed by atoms with van der Waals surface area (Å²) in [5.74, 6) is 0.527. The minimum atomic E-state index is -0.177. The number of ether oxygens (including phenoxy) is 1. The van der Waals surface area contributed by atoms with E-state index in [0.717, 1.165) is 45.3 Å². The first-order chi connectivity index (χ1) is 11.7. The van der Waals surface area contributed by atoms with Crippen LogP contribution in [0.3, 0.4) is 0 Å². The third kappa shape index (κ3) is 2.89. The Bertz CT molecular complexity index is 555. The number of likely N-dealkylation sites (tertiary alicyclic amines) is 1. The van der Waals surface area contributed by atoms with Crippen molar-refractivity contribution in [1.82, 2.24) is 15.8 Å². The van der Waals surface area contributed by atoms with Gasteiger partial charge in [-0.05, 0) is 31.2 Å². The van der Waals surface area contributed by atoms with Gasteiger partial charge in [-0.3, -0.25) is 10.3 Å². The predicted octanol–water partition coefficient (Wildman–Crippen LogP) is 1.46. The first-order valence-electron chi connectivity index (χ1n) is 9.22. The Kier molecular flexibility index (Phi) is 4.62. The van der Waals surface area contributed by atoms with Crippen LogP contribution in [0.2, 0.25) is 0 Å². The fourth-order valence-corrected chi connectivity index (χ4v) is 5.01. The van der Waals surface area contributed by atoms with Gasteiger partial charge in [0.05, 0.1) is 17.7 Å². The van der Waals surface area contributed by atoms with Gasteiger partial charge in [0, 0.05) is 38.7 Å². The van der Waals surface area contributed by atoms with Crippen LogP contribution in [0.4, 0.5) is 0 Å². The zero-order valence-electron chi connectivity index (χ0n) is 14.4. The lowest BCUT2D eigenvalue weighted by molar-refractivity contribution is -0.0882. The molecule has 2 saturated heterocycles. The lowest BCUT2D eigenvalue weighted by Crippen LogP contribution is -2.52. The van der Waals surface area contributed by atoms with E-state index in [9.17, 15) is 5.11 Å². The molecule has 5 atom stereocenters. The van der Waals surface area contributed by atoms with E-state index < -0.39 is 0 Å². The Morgan fingerprint density at radius 1 is 1.29 bits per heavy atom. The summed E-state index contributed by atoms with van der Waals surface area (Å²) in [5.41, 5.74) is 8.09. The second-order valence-electron chi connectivity index (χ2n) is 7.63. The number of benzene rings is 1. The van der Waals surface area contributed by atoms with Crippen molar-refractivity contribution in [2.45, 2.75) is 49.5 Å². The van der Waals surface area contributed by atoms with Gasteiger partial charge in [-0.2, -0.15) is 0 Å². The Hall–Kier alpha value is -0.980. The fraction of sp³-hybridized carbons (Fsp3) is 0.684. The molecule has 1 aromatic rings. The zero-order valence-corrected chi connectivity index (χ0v) is 14.4. The van der Waals surface area contributed by atoms with Crippen LogP contribution >= 0.6 is 0 Å². The number of hydrogen-bond acceptors (Lipinski definition) is 5. The molecule has 0 spiro atoms. The highest BCUT2D eigenvalue weighted by Crippen LogP contribution is 2.43. The van der Waals surface area contributed by atoms with Gasteiger partial charge >= 0.3 is 0 Å². The molecular weight excluding hydrogens is 302 g/mol. The summed E-state index contributed by atoms with van der Waals surface area (Å²) in [5, 5.41) is 10.2. The van der Waals surface area contributed by atoms with Crippen molar-refractivity contribution in [3.63, 3.8) is 0 Å². The van der Waals surface area contributed by atoms with Crippen molar-refractivity contribution in [2.75, 3.05) is 26.7 Å². The monoisotopic (exact) mass is 331 g/mol. The maximum absolute atomic E-state index is 10.2. The molecule has 132 valence electrons. The van der Waals surface area contributed by atoms with Crippen molar-refractivity contribution in [3.05, 3.63) is 35.9 Å². The van der Waals surface area contributed by atoms with Crippen LogP contribution < -0.4 is 10.9 Å². The second kappa shape index (κ2) is 6.73. The van der Waals surface area contributed by atoms with Crippen LogP contribution in [0.1, 0.15) is 37.3 Å². The van der Waals surface area contributed by atoms with Gasteiger partial charge in [0.25, 0.3) is 0 Å². The number of hydrogen-bond donors (Lipinski definition) is 3. The van der Waals surface area contributed by atoms with E-state index in [4.69, 9.17) is 4.74 Å². The molecule has 1 saturated carbocycles. The highest BCUT2D eigenvalue weighted by molar-refractivity contribution is 5.21. The topological polar surface area (TPSA) is 56.8 Å². The second-order valence-corrected chi connectivity index (χ2v) is 7.63. The molecule has 0 bridgehead atoms. The van der Waals surface area contributed by atoms with Crippen LogP contribution in [0.25, 0.3) is 0 Å². The third-order valence-corrected chi connectivity index (χ3v) is 6.39. The van der Waals surface area contributed by atoms with Crippen molar-refractivity contribution >= 4 is 0 Å². The molecule has 1 aromatic carbocycles. The van der Waals surface area contributed by atoms with Gasteiger partial charge in [-0.25, -0.2) is 5.43 Å². The van der Waals surface area contributed by atoms with Gasteiger partial charge in [0.1, 0.15) is 0 Å². The Balaban J connectivity index is 1.48. The van der Waals surface area contributed by atoms with Gasteiger partial charge in [-0.1, -0.05) is 30.3 Å². The van der Waals surface area contributed by atoms with Crippen molar-refractivity contribution in [3.8, 4) is 0 Å². The van der Waals surface area contributed by atoms with Gasteiger partial charge in [-0.15, -0.1) is 0 Å². The van der Waals surface area contributed by atoms with Crippen LogP contribution in [0.5, 0.6) is 0 Å². The van der Waals surface area contributed by atoms with E-state index in [1.54, 1.807) is 0 Å². The van der Waals surface area contributed by atoms with Gasteiger partial charge in [0.15, 0.2) is 0 Å². The number of methoxy groups -OCH3 is 1. The molecule has 5 heteroatoms. The summed E-state index contributed by atoms with van der Waals surface area (Å²) >= 11 is 0. The number of rotatable bonds is 4. The molecular formula is C19H29N3O2. The number of aliphatic hydroxyl groups excluding tert-OH is 1. The molecule has 5 nitrogen and oxygen atoms in total. The van der Waals surface area contributed by atoms with E-state index in [0.29, 0.717) is 18.0 Å². The summed E-state index contributed by atoms with van der Waals surface area (Å²) in [6.45, 7) is 3.09. The van der Waals surface area contributed by atoms with Gasteiger partial charge < -0.3 is 9.84 Å². The van der Waals surface area contributed by atoms with Gasteiger partial charge in [0.2, 0.25) is 0 Å². The molecule has 24 heavy (non-hydrogen) atoms. The molecule has 4 rings (SSSR count). The average molecular weight is 331 g/mol. The van der Waals surface area contributed by atoms with E-state index in [1.165, 1.54) is 5.56 Å². The highest BCUT2D eigenvalue weighted by Gasteiger charge is 2.51. The molecule has 0 aromatic heterocycles.